The molecule has 0 radical (unpaired) electrons. The van der Waals surface area contributed by atoms with Crippen molar-refractivity contribution in [2.45, 2.75) is 67.5 Å². The van der Waals surface area contributed by atoms with Crippen LogP contribution in [0.15, 0.2) is 36.4 Å². The highest BCUT2D eigenvalue weighted by molar-refractivity contribution is 7.25. The quantitative estimate of drug-likeness (QED) is 0.179. The van der Waals surface area contributed by atoms with Crippen LogP contribution in [0.1, 0.15) is 17.5 Å². The third kappa shape index (κ3) is 5.60. The number of rotatable bonds is 3. The van der Waals surface area contributed by atoms with Gasteiger partial charge in [0.15, 0.2) is 0 Å². The molecule has 10 nitrogen and oxygen atoms in total. The second-order valence-electron chi connectivity index (χ2n) is 9.89. The van der Waals surface area contributed by atoms with Gasteiger partial charge in [0.1, 0.15) is 54.9 Å². The van der Waals surface area contributed by atoms with Crippen molar-refractivity contribution in [1.82, 2.24) is 0 Å². The molecule has 2 aliphatic heterocycles. The number of thiophene rings is 1. The average molecular weight is 571 g/mol. The predicted octanol–water partition coefficient (Wildman–Crippen LogP) is -1.17. The molecule has 212 valence electrons. The van der Waals surface area contributed by atoms with E-state index in [1.54, 1.807) is 0 Å². The molecule has 2 aromatic carbocycles. The summed E-state index contributed by atoms with van der Waals surface area (Å²) in [5.41, 5.74) is 1.31. The van der Waals surface area contributed by atoms with Crippen LogP contribution in [-0.2, 0) is 9.47 Å². The first kappa shape index (κ1) is 28.9. The minimum atomic E-state index is -1.49. The van der Waals surface area contributed by atoms with Gasteiger partial charge < -0.3 is 50.3 Å². The van der Waals surface area contributed by atoms with E-state index in [0.29, 0.717) is 11.1 Å². The lowest BCUT2D eigenvalue weighted by molar-refractivity contribution is -0.214. The zero-order valence-electron chi connectivity index (χ0n) is 21.2. The number of hydrogen-bond acceptors (Lipinski definition) is 11. The second kappa shape index (κ2) is 12.1. The van der Waals surface area contributed by atoms with Crippen molar-refractivity contribution in [3.05, 3.63) is 47.5 Å². The van der Waals surface area contributed by atoms with Gasteiger partial charge in [-0.2, -0.15) is 0 Å². The van der Waals surface area contributed by atoms with Crippen molar-refractivity contribution in [2.24, 2.45) is 0 Å². The van der Waals surface area contributed by atoms with Gasteiger partial charge in [0, 0.05) is 37.9 Å². The number of benzene rings is 2. The van der Waals surface area contributed by atoms with Crippen LogP contribution in [0.25, 0.3) is 20.2 Å². The number of aliphatic hydroxyl groups is 8. The summed E-state index contributed by atoms with van der Waals surface area (Å²) in [4.78, 5) is 0. The summed E-state index contributed by atoms with van der Waals surface area (Å²) in [7, 11) is 0. The molecule has 2 saturated heterocycles. The normalized spacial score (nSPS) is 34.2. The summed E-state index contributed by atoms with van der Waals surface area (Å²) in [6.45, 7) is -0.763. The van der Waals surface area contributed by atoms with Crippen LogP contribution in [-0.4, -0.2) is 115 Å². The molecule has 0 spiro atoms. The molecule has 5 rings (SSSR count). The fourth-order valence-electron chi connectivity index (χ4n) is 4.90. The molecule has 8 N–H and O–H groups in total. The first-order valence-electron chi connectivity index (χ1n) is 12.8. The molecule has 0 bridgehead atoms. The van der Waals surface area contributed by atoms with Gasteiger partial charge in [-0.3, -0.25) is 0 Å². The van der Waals surface area contributed by atoms with E-state index in [1.165, 1.54) is 11.3 Å². The van der Waals surface area contributed by atoms with E-state index in [4.69, 9.17) is 9.47 Å². The van der Waals surface area contributed by atoms with Crippen molar-refractivity contribution in [3.63, 3.8) is 0 Å². The maximum atomic E-state index is 10.3. The van der Waals surface area contributed by atoms with Gasteiger partial charge in [-0.25, -0.2) is 0 Å². The largest absolute Gasteiger partial charge is 0.396 e. The molecule has 1 aromatic heterocycles. The van der Waals surface area contributed by atoms with E-state index in [1.807, 2.05) is 36.4 Å². The predicted molar refractivity (Wildman–Crippen MR) is 145 cm³/mol. The van der Waals surface area contributed by atoms with Crippen molar-refractivity contribution in [1.29, 1.82) is 0 Å². The van der Waals surface area contributed by atoms with Crippen molar-refractivity contribution >= 4 is 31.5 Å². The van der Waals surface area contributed by atoms with Crippen LogP contribution in [0.2, 0.25) is 0 Å². The third-order valence-electron chi connectivity index (χ3n) is 7.21. The molecule has 0 aliphatic carbocycles. The molecule has 10 atom stereocenters. The Morgan fingerprint density at radius 1 is 0.625 bits per heavy atom. The molecule has 11 heteroatoms. The maximum absolute atomic E-state index is 10.3. The monoisotopic (exact) mass is 570 g/mol. The number of aliphatic hydroxyl groups excluding tert-OH is 8. The maximum Gasteiger partial charge on any atom is 0.147 e. The summed E-state index contributed by atoms with van der Waals surface area (Å²) in [5.74, 6) is 11.5. The number of hydrogen-bond donors (Lipinski definition) is 8. The molecule has 3 aromatic rings. The van der Waals surface area contributed by atoms with Gasteiger partial charge in [-0.15, -0.1) is 11.3 Å². The summed E-state index contributed by atoms with van der Waals surface area (Å²) in [6.07, 6.45) is -12.4. The zero-order chi connectivity index (χ0) is 28.6. The van der Waals surface area contributed by atoms with Crippen LogP contribution in [0.3, 0.4) is 0 Å². The Balaban J connectivity index is 1.36. The van der Waals surface area contributed by atoms with E-state index in [2.05, 4.69) is 23.7 Å². The standard InChI is InChI=1S/C29H30O10S/c30-10-9-20-26(34)28(36)24(32)18(38-20)7-3-14-1-5-16-17-6-2-15(12-23(17)40-22(16)11-14)4-8-19-25(33)29(37)27(35)21(13-31)39-19/h1-2,5-6,11-12,18-21,24-37H,9-10,13H2/t18-,19-,20-,21-,24-,25-,26-,27-,28-,29-/m1/s1. The molecule has 3 heterocycles. The summed E-state index contributed by atoms with van der Waals surface area (Å²) < 4.78 is 13.0. The molecular formula is C29H30O10S. The Morgan fingerprint density at radius 3 is 1.57 bits per heavy atom. The van der Waals surface area contributed by atoms with E-state index in [9.17, 15) is 40.9 Å². The van der Waals surface area contributed by atoms with Gasteiger partial charge in [-0.1, -0.05) is 35.8 Å². The van der Waals surface area contributed by atoms with Gasteiger partial charge >= 0.3 is 0 Å². The van der Waals surface area contributed by atoms with E-state index in [-0.39, 0.29) is 13.0 Å². The highest BCUT2D eigenvalue weighted by atomic mass is 32.1. The minimum absolute atomic E-state index is 0.103. The first-order valence-corrected chi connectivity index (χ1v) is 13.6. The fraction of sp³-hybridized carbons (Fsp3) is 0.448. The molecule has 40 heavy (non-hydrogen) atoms. The second-order valence-corrected chi connectivity index (χ2v) is 11.0. The Kier molecular flexibility index (Phi) is 8.73. The molecule has 0 unspecified atom stereocenters. The van der Waals surface area contributed by atoms with Crippen LogP contribution in [0.5, 0.6) is 0 Å². The van der Waals surface area contributed by atoms with Crippen LogP contribution >= 0.6 is 11.3 Å². The average Bonchev–Trinajstić information content (AvgIpc) is 3.32. The topological polar surface area (TPSA) is 180 Å². The lowest BCUT2D eigenvalue weighted by Crippen LogP contribution is -2.58. The van der Waals surface area contributed by atoms with Gasteiger partial charge in [-0.05, 0) is 30.7 Å². The first-order chi connectivity index (χ1) is 19.2. The van der Waals surface area contributed by atoms with E-state index in [0.717, 1.165) is 20.2 Å². The highest BCUT2D eigenvalue weighted by Gasteiger charge is 2.43. The molecule has 2 fully saturated rings. The van der Waals surface area contributed by atoms with Gasteiger partial charge in [0.05, 0.1) is 12.7 Å². The van der Waals surface area contributed by atoms with Crippen molar-refractivity contribution < 1.29 is 50.3 Å². The van der Waals surface area contributed by atoms with E-state index < -0.39 is 67.6 Å². The van der Waals surface area contributed by atoms with Gasteiger partial charge in [0.2, 0.25) is 0 Å². The molecule has 2 aliphatic rings. The smallest absolute Gasteiger partial charge is 0.147 e. The van der Waals surface area contributed by atoms with Crippen molar-refractivity contribution in [3.8, 4) is 23.7 Å². The lowest BCUT2D eigenvalue weighted by atomic mass is 9.93. The SMILES string of the molecule is OCC[C@H]1O[C@H](C#Cc2ccc3c(c2)sc2cc(C#C[C@H]4O[C@H](CO)[C@@H](O)[C@H](O)[C@@H]4O)ccc23)[C@@H](O)[C@@H](O)[C@@H]1O. The Labute approximate surface area is 233 Å². The molecular weight excluding hydrogens is 540 g/mol. The Morgan fingerprint density at radius 2 is 1.10 bits per heavy atom. The number of ether oxygens (including phenoxy) is 2. The zero-order valence-corrected chi connectivity index (χ0v) is 22.0. The third-order valence-corrected chi connectivity index (χ3v) is 8.32. The van der Waals surface area contributed by atoms with Crippen LogP contribution < -0.4 is 0 Å². The van der Waals surface area contributed by atoms with Crippen LogP contribution in [0.4, 0.5) is 0 Å². The van der Waals surface area contributed by atoms with E-state index >= 15 is 0 Å². The Bertz CT molecular complexity index is 1480. The van der Waals surface area contributed by atoms with Crippen molar-refractivity contribution in [2.75, 3.05) is 13.2 Å². The fourth-order valence-corrected chi connectivity index (χ4v) is 6.08. The summed E-state index contributed by atoms with van der Waals surface area (Å²) in [6, 6.07) is 11.3. The minimum Gasteiger partial charge on any atom is -0.396 e. The summed E-state index contributed by atoms with van der Waals surface area (Å²) >= 11 is 1.52. The summed E-state index contributed by atoms with van der Waals surface area (Å²) in [5, 5.41) is 81.2. The van der Waals surface area contributed by atoms with Gasteiger partial charge in [0.25, 0.3) is 0 Å². The lowest BCUT2D eigenvalue weighted by Gasteiger charge is -2.38. The molecule has 0 amide bonds. The molecule has 0 saturated carbocycles. The van der Waals surface area contributed by atoms with Crippen LogP contribution in [0, 0.1) is 23.7 Å². The Hall–Kier alpha value is -2.62. The highest BCUT2D eigenvalue weighted by Crippen LogP contribution is 2.35. The number of fused-ring (bicyclic) bond motifs is 3.